The van der Waals surface area contributed by atoms with E-state index in [2.05, 4.69) is 5.32 Å². The number of carbonyl (C=O) groups excluding carboxylic acids is 1. The van der Waals surface area contributed by atoms with Crippen molar-refractivity contribution in [1.29, 1.82) is 0 Å². The quantitative estimate of drug-likeness (QED) is 0.768. The molecule has 0 radical (unpaired) electrons. The highest BCUT2D eigenvalue weighted by Gasteiger charge is 2.08. The Labute approximate surface area is 142 Å². The van der Waals surface area contributed by atoms with Gasteiger partial charge in [-0.3, -0.25) is 4.79 Å². The zero-order valence-electron chi connectivity index (χ0n) is 14.1. The van der Waals surface area contributed by atoms with Crippen LogP contribution < -0.4 is 19.5 Å². The first kappa shape index (κ1) is 17.7. The number of ether oxygens (including phenoxy) is 3. The summed E-state index contributed by atoms with van der Waals surface area (Å²) in [5.74, 6) is 1.87. The van der Waals surface area contributed by atoms with Crippen molar-refractivity contribution in [3.05, 3.63) is 54.1 Å². The average Bonchev–Trinajstić information content (AvgIpc) is 2.61. The van der Waals surface area contributed by atoms with Crippen molar-refractivity contribution in [3.8, 4) is 17.2 Å². The molecule has 0 saturated carbocycles. The summed E-state index contributed by atoms with van der Waals surface area (Å²) < 4.78 is 16.3. The molecule has 0 atom stereocenters. The Kier molecular flexibility index (Phi) is 6.95. The van der Waals surface area contributed by atoms with E-state index in [0.29, 0.717) is 31.1 Å². The molecule has 0 saturated heterocycles. The number of benzene rings is 2. The summed E-state index contributed by atoms with van der Waals surface area (Å²) in [7, 11) is 1.64. The SMILES string of the molecule is CCOc1ccccc1OCC(=O)NCCc1ccccc1OC. The van der Waals surface area contributed by atoms with E-state index in [1.165, 1.54) is 0 Å². The molecular formula is C19H23NO4. The highest BCUT2D eigenvalue weighted by molar-refractivity contribution is 5.77. The predicted molar refractivity (Wildman–Crippen MR) is 92.8 cm³/mol. The van der Waals surface area contributed by atoms with Crippen LogP contribution in [0.25, 0.3) is 0 Å². The topological polar surface area (TPSA) is 56.8 Å². The molecule has 0 spiro atoms. The molecule has 0 aromatic heterocycles. The normalized spacial score (nSPS) is 10.1. The van der Waals surface area contributed by atoms with Crippen molar-refractivity contribution in [3.63, 3.8) is 0 Å². The molecular weight excluding hydrogens is 306 g/mol. The van der Waals surface area contributed by atoms with E-state index < -0.39 is 0 Å². The van der Waals surface area contributed by atoms with E-state index in [1.807, 2.05) is 49.4 Å². The average molecular weight is 329 g/mol. The van der Waals surface area contributed by atoms with Gasteiger partial charge in [-0.2, -0.15) is 0 Å². The van der Waals surface area contributed by atoms with E-state index in [1.54, 1.807) is 13.2 Å². The Morgan fingerprint density at radius 1 is 0.958 bits per heavy atom. The summed E-state index contributed by atoms with van der Waals surface area (Å²) in [6.45, 7) is 2.93. The molecule has 0 aliphatic heterocycles. The van der Waals surface area contributed by atoms with E-state index >= 15 is 0 Å². The first-order valence-electron chi connectivity index (χ1n) is 7.97. The van der Waals surface area contributed by atoms with Gasteiger partial charge in [0.15, 0.2) is 18.1 Å². The van der Waals surface area contributed by atoms with Crippen molar-refractivity contribution in [1.82, 2.24) is 5.32 Å². The fourth-order valence-corrected chi connectivity index (χ4v) is 2.28. The lowest BCUT2D eigenvalue weighted by Crippen LogP contribution is -2.30. The molecule has 5 heteroatoms. The summed E-state index contributed by atoms with van der Waals surface area (Å²) in [5, 5.41) is 2.84. The molecule has 1 amide bonds. The summed E-state index contributed by atoms with van der Waals surface area (Å²) in [5.41, 5.74) is 1.06. The van der Waals surface area contributed by atoms with Crippen LogP contribution in [0.5, 0.6) is 17.2 Å². The van der Waals surface area contributed by atoms with Crippen LogP contribution >= 0.6 is 0 Å². The van der Waals surface area contributed by atoms with E-state index in [4.69, 9.17) is 14.2 Å². The lowest BCUT2D eigenvalue weighted by Gasteiger charge is -2.12. The van der Waals surface area contributed by atoms with Gasteiger partial charge >= 0.3 is 0 Å². The Balaban J connectivity index is 1.78. The van der Waals surface area contributed by atoms with Gasteiger partial charge in [-0.05, 0) is 37.1 Å². The number of hydrogen-bond donors (Lipinski definition) is 1. The van der Waals surface area contributed by atoms with Gasteiger partial charge in [0.2, 0.25) is 0 Å². The number of amides is 1. The van der Waals surface area contributed by atoms with Gasteiger partial charge in [0.25, 0.3) is 5.91 Å². The zero-order chi connectivity index (χ0) is 17.2. The van der Waals surface area contributed by atoms with E-state index in [-0.39, 0.29) is 12.5 Å². The second-order valence-corrected chi connectivity index (χ2v) is 5.08. The van der Waals surface area contributed by atoms with Crippen LogP contribution in [0.3, 0.4) is 0 Å². The van der Waals surface area contributed by atoms with Crippen molar-refractivity contribution in [2.45, 2.75) is 13.3 Å². The van der Waals surface area contributed by atoms with Gasteiger partial charge in [0.1, 0.15) is 5.75 Å². The molecule has 2 aromatic carbocycles. The van der Waals surface area contributed by atoms with Gasteiger partial charge in [0, 0.05) is 6.54 Å². The van der Waals surface area contributed by atoms with Crippen LogP contribution in [0.2, 0.25) is 0 Å². The monoisotopic (exact) mass is 329 g/mol. The summed E-state index contributed by atoms with van der Waals surface area (Å²) in [4.78, 5) is 11.9. The van der Waals surface area contributed by atoms with Crippen LogP contribution in [0.4, 0.5) is 0 Å². The van der Waals surface area contributed by atoms with Crippen LogP contribution in [0.15, 0.2) is 48.5 Å². The zero-order valence-corrected chi connectivity index (χ0v) is 14.1. The summed E-state index contributed by atoms with van der Waals surface area (Å²) in [6.07, 6.45) is 0.700. The maximum atomic E-state index is 11.9. The van der Waals surface area contributed by atoms with Gasteiger partial charge in [-0.25, -0.2) is 0 Å². The number of para-hydroxylation sites is 3. The van der Waals surface area contributed by atoms with Gasteiger partial charge in [-0.15, -0.1) is 0 Å². The third kappa shape index (κ3) is 5.19. The van der Waals surface area contributed by atoms with Gasteiger partial charge in [-0.1, -0.05) is 30.3 Å². The van der Waals surface area contributed by atoms with Crippen LogP contribution in [0, 0.1) is 0 Å². The van der Waals surface area contributed by atoms with Crippen molar-refractivity contribution in [2.75, 3.05) is 26.9 Å². The Morgan fingerprint density at radius 3 is 2.25 bits per heavy atom. The molecule has 1 N–H and O–H groups in total. The lowest BCUT2D eigenvalue weighted by atomic mass is 10.1. The molecule has 0 fully saturated rings. The van der Waals surface area contributed by atoms with Gasteiger partial charge < -0.3 is 19.5 Å². The molecule has 0 unspecified atom stereocenters. The maximum Gasteiger partial charge on any atom is 0.257 e. The van der Waals surface area contributed by atoms with Crippen molar-refractivity contribution < 1.29 is 19.0 Å². The molecule has 0 bridgehead atoms. The van der Waals surface area contributed by atoms with Gasteiger partial charge in [0.05, 0.1) is 13.7 Å². The second-order valence-electron chi connectivity index (χ2n) is 5.08. The molecule has 0 aliphatic carbocycles. The van der Waals surface area contributed by atoms with Crippen LogP contribution in [-0.4, -0.2) is 32.8 Å². The highest BCUT2D eigenvalue weighted by Crippen LogP contribution is 2.26. The third-order valence-corrected chi connectivity index (χ3v) is 3.42. The minimum atomic E-state index is -0.170. The fourth-order valence-electron chi connectivity index (χ4n) is 2.28. The summed E-state index contributed by atoms with van der Waals surface area (Å²) >= 11 is 0. The number of methoxy groups -OCH3 is 1. The predicted octanol–water partition coefficient (Wildman–Crippen LogP) is 2.83. The first-order chi connectivity index (χ1) is 11.7. The minimum Gasteiger partial charge on any atom is -0.496 e. The van der Waals surface area contributed by atoms with Crippen LogP contribution in [-0.2, 0) is 11.2 Å². The van der Waals surface area contributed by atoms with E-state index in [9.17, 15) is 4.79 Å². The Bertz CT molecular complexity index is 657. The largest absolute Gasteiger partial charge is 0.496 e. The van der Waals surface area contributed by atoms with E-state index in [0.717, 1.165) is 11.3 Å². The molecule has 128 valence electrons. The number of rotatable bonds is 9. The van der Waals surface area contributed by atoms with Crippen molar-refractivity contribution in [2.24, 2.45) is 0 Å². The smallest absolute Gasteiger partial charge is 0.257 e. The molecule has 0 aliphatic rings. The maximum absolute atomic E-state index is 11.9. The number of carbonyl (C=O) groups is 1. The number of hydrogen-bond acceptors (Lipinski definition) is 4. The van der Waals surface area contributed by atoms with Crippen LogP contribution in [0.1, 0.15) is 12.5 Å². The Morgan fingerprint density at radius 2 is 1.58 bits per heavy atom. The lowest BCUT2D eigenvalue weighted by molar-refractivity contribution is -0.123. The third-order valence-electron chi connectivity index (χ3n) is 3.42. The Hall–Kier alpha value is -2.69. The first-order valence-corrected chi connectivity index (χ1v) is 7.97. The molecule has 0 heterocycles. The molecule has 24 heavy (non-hydrogen) atoms. The minimum absolute atomic E-state index is 0.0456. The number of nitrogens with one attached hydrogen (secondary N) is 1. The second kappa shape index (κ2) is 9.45. The standard InChI is InChI=1S/C19H23NO4/c1-3-23-17-10-6-7-11-18(17)24-14-19(21)20-13-12-15-8-4-5-9-16(15)22-2/h4-11H,3,12-14H2,1-2H3,(H,20,21). The fraction of sp³-hybridized carbons (Fsp3) is 0.316. The molecule has 2 aromatic rings. The molecule has 2 rings (SSSR count). The van der Waals surface area contributed by atoms with Crippen molar-refractivity contribution >= 4 is 5.91 Å². The summed E-state index contributed by atoms with van der Waals surface area (Å²) in [6, 6.07) is 15.1. The highest BCUT2D eigenvalue weighted by atomic mass is 16.5. The molecule has 5 nitrogen and oxygen atoms in total.